The Morgan fingerprint density at radius 2 is 2.33 bits per heavy atom. The number of nitrogens with zero attached hydrogens (tertiary/aromatic N) is 4. The molecule has 92 valence electrons. The van der Waals surface area contributed by atoms with Gasteiger partial charge in [0, 0.05) is 25.1 Å². The molecule has 1 amide bonds. The average molecular weight is 243 g/mol. The summed E-state index contributed by atoms with van der Waals surface area (Å²) in [6, 6.07) is 1.71. The molecule has 18 heavy (non-hydrogen) atoms. The minimum atomic E-state index is -0.0272. The van der Waals surface area contributed by atoms with Crippen LogP contribution in [0.5, 0.6) is 0 Å². The van der Waals surface area contributed by atoms with Crippen molar-refractivity contribution in [3.8, 4) is 0 Å². The lowest BCUT2D eigenvalue weighted by molar-refractivity contribution is 0.0726. The summed E-state index contributed by atoms with van der Waals surface area (Å²) in [6.45, 7) is 0.749. The summed E-state index contributed by atoms with van der Waals surface area (Å²) in [4.78, 5) is 22.5. The summed E-state index contributed by atoms with van der Waals surface area (Å²) < 4.78 is 0. The minimum Gasteiger partial charge on any atom is -0.329 e. The fourth-order valence-corrected chi connectivity index (χ4v) is 2.33. The summed E-state index contributed by atoms with van der Waals surface area (Å²) in [5.41, 5.74) is 1.37. The third kappa shape index (κ3) is 1.85. The fourth-order valence-electron chi connectivity index (χ4n) is 2.33. The molecule has 3 heterocycles. The normalized spacial score (nSPS) is 19.1. The van der Waals surface area contributed by atoms with Crippen molar-refractivity contribution in [2.24, 2.45) is 0 Å². The highest BCUT2D eigenvalue weighted by molar-refractivity contribution is 5.92. The quantitative estimate of drug-likeness (QED) is 0.859. The summed E-state index contributed by atoms with van der Waals surface area (Å²) >= 11 is 0. The molecule has 0 radical (unpaired) electrons. The number of rotatable bonds is 2. The van der Waals surface area contributed by atoms with Crippen LogP contribution in [-0.2, 0) is 0 Å². The van der Waals surface area contributed by atoms with E-state index in [2.05, 4.69) is 20.2 Å². The minimum absolute atomic E-state index is 0.0227. The van der Waals surface area contributed by atoms with Gasteiger partial charge in [-0.3, -0.25) is 19.9 Å². The lowest BCUT2D eigenvalue weighted by Crippen LogP contribution is -2.31. The number of hydrogen-bond acceptors (Lipinski definition) is 4. The molecular formula is C12H13N5O. The summed E-state index contributed by atoms with van der Waals surface area (Å²) in [5, 5.41) is 6.52. The number of carbonyl (C=O) groups excluding carboxylic acids is 1. The maximum atomic E-state index is 12.3. The Hall–Kier alpha value is -2.24. The van der Waals surface area contributed by atoms with E-state index in [1.54, 1.807) is 30.9 Å². The molecule has 1 saturated heterocycles. The van der Waals surface area contributed by atoms with Crippen molar-refractivity contribution in [1.29, 1.82) is 0 Å². The maximum Gasteiger partial charge on any atom is 0.272 e. The zero-order chi connectivity index (χ0) is 12.4. The predicted octanol–water partition coefficient (Wildman–Crippen LogP) is 1.18. The highest BCUT2D eigenvalue weighted by atomic mass is 16.2. The lowest BCUT2D eigenvalue weighted by atomic mass is 10.1. The molecule has 1 atom stereocenters. The molecule has 0 bridgehead atoms. The molecule has 1 fully saturated rings. The molecular weight excluding hydrogens is 230 g/mol. The van der Waals surface area contributed by atoms with E-state index in [-0.39, 0.29) is 11.9 Å². The summed E-state index contributed by atoms with van der Waals surface area (Å²) in [6.07, 6.45) is 8.52. The van der Waals surface area contributed by atoms with Gasteiger partial charge in [-0.15, -0.1) is 0 Å². The van der Waals surface area contributed by atoms with Crippen molar-refractivity contribution in [3.05, 3.63) is 42.2 Å². The van der Waals surface area contributed by atoms with Gasteiger partial charge in [0.25, 0.3) is 5.91 Å². The van der Waals surface area contributed by atoms with Gasteiger partial charge in [-0.1, -0.05) is 0 Å². The third-order valence-electron chi connectivity index (χ3n) is 3.17. The smallest absolute Gasteiger partial charge is 0.272 e. The summed E-state index contributed by atoms with van der Waals surface area (Å²) in [7, 11) is 0. The Morgan fingerprint density at radius 1 is 1.39 bits per heavy atom. The molecule has 1 unspecified atom stereocenters. The highest BCUT2D eigenvalue weighted by Crippen LogP contribution is 2.31. The first-order valence-electron chi connectivity index (χ1n) is 5.92. The number of aromatic nitrogens is 4. The molecule has 1 aliphatic rings. The van der Waals surface area contributed by atoms with Crippen molar-refractivity contribution in [1.82, 2.24) is 25.1 Å². The van der Waals surface area contributed by atoms with Crippen LogP contribution in [0.4, 0.5) is 0 Å². The van der Waals surface area contributed by atoms with E-state index >= 15 is 0 Å². The lowest BCUT2D eigenvalue weighted by Gasteiger charge is -2.23. The van der Waals surface area contributed by atoms with Gasteiger partial charge < -0.3 is 4.90 Å². The first kappa shape index (κ1) is 10.9. The van der Waals surface area contributed by atoms with E-state index in [4.69, 9.17) is 0 Å². The summed E-state index contributed by atoms with van der Waals surface area (Å²) in [5.74, 6) is -0.0272. The molecule has 6 nitrogen and oxygen atoms in total. The van der Waals surface area contributed by atoms with E-state index in [0.29, 0.717) is 5.69 Å². The van der Waals surface area contributed by atoms with Crippen molar-refractivity contribution < 1.29 is 4.79 Å². The van der Waals surface area contributed by atoms with Gasteiger partial charge in [0.05, 0.1) is 17.9 Å². The van der Waals surface area contributed by atoms with E-state index in [1.165, 1.54) is 0 Å². The number of nitrogens with one attached hydrogen (secondary N) is 1. The Bertz CT molecular complexity index is 525. The maximum absolute atomic E-state index is 12.3. The molecule has 0 spiro atoms. The van der Waals surface area contributed by atoms with E-state index in [1.807, 2.05) is 4.90 Å². The standard InChI is InChI=1S/C12H13N5O/c18-12(9-3-4-15-16-9)17-7-1-2-11(17)10-8-13-5-6-14-10/h3-6,8,11H,1-2,7H2,(H,15,16). The van der Waals surface area contributed by atoms with Crippen LogP contribution in [0.15, 0.2) is 30.9 Å². The predicted molar refractivity (Wildman–Crippen MR) is 63.6 cm³/mol. The second-order valence-electron chi connectivity index (χ2n) is 4.26. The van der Waals surface area contributed by atoms with Crippen molar-refractivity contribution in [2.75, 3.05) is 6.54 Å². The molecule has 2 aromatic rings. The number of carbonyl (C=O) groups is 1. The van der Waals surface area contributed by atoms with Crippen LogP contribution in [0.25, 0.3) is 0 Å². The van der Waals surface area contributed by atoms with Gasteiger partial charge in [-0.05, 0) is 18.9 Å². The van der Waals surface area contributed by atoms with Gasteiger partial charge >= 0.3 is 0 Å². The first-order chi connectivity index (χ1) is 8.86. The molecule has 0 saturated carbocycles. The molecule has 6 heteroatoms. The van der Waals surface area contributed by atoms with Crippen molar-refractivity contribution in [2.45, 2.75) is 18.9 Å². The van der Waals surface area contributed by atoms with Crippen LogP contribution in [0, 0.1) is 0 Å². The second-order valence-corrected chi connectivity index (χ2v) is 4.26. The fraction of sp³-hybridized carbons (Fsp3) is 0.333. The van der Waals surface area contributed by atoms with Crippen LogP contribution in [0.1, 0.15) is 35.1 Å². The molecule has 0 aliphatic carbocycles. The van der Waals surface area contributed by atoms with Gasteiger partial charge in [0.1, 0.15) is 5.69 Å². The van der Waals surface area contributed by atoms with Crippen LogP contribution < -0.4 is 0 Å². The van der Waals surface area contributed by atoms with Gasteiger partial charge in [-0.25, -0.2) is 0 Å². The number of likely N-dealkylation sites (tertiary alicyclic amines) is 1. The Morgan fingerprint density at radius 3 is 3.06 bits per heavy atom. The molecule has 3 rings (SSSR count). The monoisotopic (exact) mass is 243 g/mol. The first-order valence-corrected chi connectivity index (χ1v) is 5.92. The van der Waals surface area contributed by atoms with Gasteiger partial charge in [0.15, 0.2) is 0 Å². The number of hydrogen-bond donors (Lipinski definition) is 1. The van der Waals surface area contributed by atoms with Crippen LogP contribution in [0.2, 0.25) is 0 Å². The van der Waals surface area contributed by atoms with Crippen LogP contribution in [-0.4, -0.2) is 37.5 Å². The van der Waals surface area contributed by atoms with Gasteiger partial charge in [-0.2, -0.15) is 5.10 Å². The van der Waals surface area contributed by atoms with Gasteiger partial charge in [0.2, 0.25) is 0 Å². The van der Waals surface area contributed by atoms with Crippen LogP contribution in [0.3, 0.4) is 0 Å². The molecule has 0 aromatic carbocycles. The molecule has 1 aliphatic heterocycles. The highest BCUT2D eigenvalue weighted by Gasteiger charge is 2.32. The number of aromatic amines is 1. The number of amides is 1. The SMILES string of the molecule is O=C(c1ccn[nH]1)N1CCCC1c1cnccn1. The third-order valence-corrected chi connectivity index (χ3v) is 3.17. The van der Waals surface area contributed by atoms with Crippen molar-refractivity contribution in [3.63, 3.8) is 0 Å². The average Bonchev–Trinajstić information content (AvgIpc) is 3.10. The Labute approximate surface area is 104 Å². The van der Waals surface area contributed by atoms with E-state index < -0.39 is 0 Å². The molecule has 2 aromatic heterocycles. The molecule has 1 N–H and O–H groups in total. The topological polar surface area (TPSA) is 74.8 Å². The zero-order valence-electron chi connectivity index (χ0n) is 9.78. The number of H-pyrrole nitrogens is 1. The van der Waals surface area contributed by atoms with E-state index in [9.17, 15) is 4.79 Å². The second kappa shape index (κ2) is 4.56. The largest absolute Gasteiger partial charge is 0.329 e. The van der Waals surface area contributed by atoms with Crippen LogP contribution >= 0.6 is 0 Å². The Kier molecular flexibility index (Phi) is 2.76. The van der Waals surface area contributed by atoms with E-state index in [0.717, 1.165) is 25.1 Å². The van der Waals surface area contributed by atoms with Crippen molar-refractivity contribution >= 4 is 5.91 Å². The zero-order valence-corrected chi connectivity index (χ0v) is 9.78. The Balaban J connectivity index is 1.86.